The molecule has 2 N–H and O–H groups in total. The number of nitrogens with one attached hydrogen (secondary N) is 2. The van der Waals surface area contributed by atoms with Crippen LogP contribution in [0, 0.1) is 0 Å². The summed E-state index contributed by atoms with van der Waals surface area (Å²) in [5.74, 6) is -1.17. The van der Waals surface area contributed by atoms with Crippen LogP contribution in [0.2, 0.25) is 0 Å². The van der Waals surface area contributed by atoms with Crippen molar-refractivity contribution in [3.8, 4) is 0 Å². The molecule has 0 bridgehead atoms. The maximum absolute atomic E-state index is 11.8. The van der Waals surface area contributed by atoms with E-state index in [1.54, 1.807) is 24.3 Å². The van der Waals surface area contributed by atoms with Gasteiger partial charge >= 0.3 is 5.97 Å². The fourth-order valence-electron chi connectivity index (χ4n) is 2.65. The molecule has 26 heavy (non-hydrogen) atoms. The minimum atomic E-state index is -3.77. The second kappa shape index (κ2) is 10.1. The molecule has 0 atom stereocenters. The summed E-state index contributed by atoms with van der Waals surface area (Å²) >= 11 is 0. The third-order valence-corrected chi connectivity index (χ3v) is 5.03. The number of carbonyl (C=O) groups excluding carboxylic acids is 2. The third kappa shape index (κ3) is 7.79. The average Bonchev–Trinajstić information content (AvgIpc) is 2.65. The van der Waals surface area contributed by atoms with Gasteiger partial charge in [-0.15, -0.1) is 0 Å². The van der Waals surface area contributed by atoms with Crippen molar-refractivity contribution in [2.45, 2.75) is 38.1 Å². The van der Waals surface area contributed by atoms with E-state index in [-0.39, 0.29) is 11.9 Å². The fraction of sp³-hybridized carbons (Fsp3) is 0.444. The zero-order valence-corrected chi connectivity index (χ0v) is 15.3. The Morgan fingerprint density at radius 3 is 2.50 bits per heavy atom. The van der Waals surface area contributed by atoms with Crippen molar-refractivity contribution in [3.63, 3.8) is 0 Å². The van der Waals surface area contributed by atoms with E-state index in [2.05, 4.69) is 10.0 Å². The summed E-state index contributed by atoms with van der Waals surface area (Å²) in [5.41, 5.74) is 0.722. The highest BCUT2D eigenvalue weighted by Crippen LogP contribution is 2.17. The van der Waals surface area contributed by atoms with E-state index >= 15 is 0 Å². The van der Waals surface area contributed by atoms with Crippen molar-refractivity contribution in [3.05, 3.63) is 41.3 Å². The van der Waals surface area contributed by atoms with Crippen molar-refractivity contribution in [1.29, 1.82) is 0 Å². The van der Waals surface area contributed by atoms with Gasteiger partial charge in [-0.3, -0.25) is 9.59 Å². The average molecular weight is 380 g/mol. The van der Waals surface area contributed by atoms with Crippen molar-refractivity contribution in [1.82, 2.24) is 10.0 Å². The lowest BCUT2D eigenvalue weighted by Crippen LogP contribution is -2.39. The van der Waals surface area contributed by atoms with Crippen molar-refractivity contribution in [2.75, 3.05) is 13.2 Å². The number of hydrogen-bond donors (Lipinski definition) is 2. The van der Waals surface area contributed by atoms with Gasteiger partial charge in [0.15, 0.2) is 6.61 Å². The molecule has 1 fully saturated rings. The van der Waals surface area contributed by atoms with Gasteiger partial charge in [0.25, 0.3) is 5.91 Å². The van der Waals surface area contributed by atoms with Crippen LogP contribution in [-0.4, -0.2) is 39.5 Å². The smallest absolute Gasteiger partial charge is 0.321 e. The van der Waals surface area contributed by atoms with E-state index < -0.39 is 29.1 Å². The Bertz CT molecular complexity index is 725. The Balaban J connectivity index is 1.68. The summed E-state index contributed by atoms with van der Waals surface area (Å²) in [6, 6.07) is 9.04. The molecule has 0 radical (unpaired) electrons. The third-order valence-electron chi connectivity index (χ3n) is 3.99. The topological polar surface area (TPSA) is 102 Å². The lowest BCUT2D eigenvalue weighted by molar-refractivity contribution is -0.147. The molecular formula is C18H24N2O5S. The maximum atomic E-state index is 11.8. The molecule has 0 spiro atoms. The molecule has 2 rings (SSSR count). The van der Waals surface area contributed by atoms with E-state index in [9.17, 15) is 18.0 Å². The highest BCUT2D eigenvalue weighted by atomic mass is 32.2. The van der Waals surface area contributed by atoms with E-state index in [0.29, 0.717) is 0 Å². The van der Waals surface area contributed by atoms with Crippen LogP contribution in [0.4, 0.5) is 0 Å². The standard InChI is InChI=1S/C18H24N2O5S/c21-17(20-16-9-5-2-6-10-16)14-25-18(22)13-19-26(23,24)12-11-15-7-3-1-4-8-15/h1,3-4,7-8,11-12,16,19H,2,5-6,9-10,13-14H2,(H,20,21)/b12-11+. The zero-order valence-electron chi connectivity index (χ0n) is 14.5. The Morgan fingerprint density at radius 2 is 1.81 bits per heavy atom. The van der Waals surface area contributed by atoms with Crippen LogP contribution < -0.4 is 10.0 Å². The Hall–Kier alpha value is -2.19. The van der Waals surface area contributed by atoms with Crippen LogP contribution in [0.15, 0.2) is 35.7 Å². The minimum Gasteiger partial charge on any atom is -0.455 e. The summed E-state index contributed by atoms with van der Waals surface area (Å²) in [7, 11) is -3.77. The van der Waals surface area contributed by atoms with Crippen LogP contribution in [-0.2, 0) is 24.3 Å². The molecule has 1 aromatic carbocycles. The van der Waals surface area contributed by atoms with Gasteiger partial charge in [-0.2, -0.15) is 0 Å². The second-order valence-corrected chi connectivity index (χ2v) is 7.79. The van der Waals surface area contributed by atoms with Crippen molar-refractivity contribution in [2.24, 2.45) is 0 Å². The number of carbonyl (C=O) groups is 2. The first-order valence-corrected chi connectivity index (χ1v) is 10.2. The number of ether oxygens (including phenoxy) is 1. The highest BCUT2D eigenvalue weighted by molar-refractivity contribution is 7.92. The molecule has 0 saturated heterocycles. The number of rotatable bonds is 8. The molecule has 0 aromatic heterocycles. The van der Waals surface area contributed by atoms with Crippen LogP contribution in [0.5, 0.6) is 0 Å². The Morgan fingerprint density at radius 1 is 1.12 bits per heavy atom. The number of amides is 1. The van der Waals surface area contributed by atoms with Gasteiger partial charge in [-0.05, 0) is 24.5 Å². The molecule has 0 heterocycles. The molecular weight excluding hydrogens is 356 g/mol. The van der Waals surface area contributed by atoms with Gasteiger partial charge in [0.2, 0.25) is 10.0 Å². The predicted octanol–water partition coefficient (Wildman–Crippen LogP) is 1.57. The monoisotopic (exact) mass is 380 g/mol. The van der Waals surface area contributed by atoms with Gasteiger partial charge in [0.05, 0.1) is 0 Å². The molecule has 7 nitrogen and oxygen atoms in total. The number of esters is 1. The second-order valence-electron chi connectivity index (χ2n) is 6.14. The zero-order chi connectivity index (χ0) is 18.8. The molecule has 1 aromatic rings. The maximum Gasteiger partial charge on any atom is 0.321 e. The molecule has 0 aliphatic heterocycles. The van der Waals surface area contributed by atoms with Gasteiger partial charge in [-0.25, -0.2) is 13.1 Å². The largest absolute Gasteiger partial charge is 0.455 e. The molecule has 8 heteroatoms. The van der Waals surface area contributed by atoms with Gasteiger partial charge in [-0.1, -0.05) is 49.6 Å². The van der Waals surface area contributed by atoms with E-state index in [1.807, 2.05) is 6.07 Å². The Labute approximate surface area is 153 Å². The van der Waals surface area contributed by atoms with E-state index in [0.717, 1.165) is 36.7 Å². The first kappa shape index (κ1) is 20.1. The lowest BCUT2D eigenvalue weighted by atomic mass is 9.95. The van der Waals surface area contributed by atoms with Crippen molar-refractivity contribution < 1.29 is 22.7 Å². The van der Waals surface area contributed by atoms with E-state index in [1.165, 1.54) is 12.5 Å². The normalized spacial score (nSPS) is 15.7. The molecule has 1 amide bonds. The molecule has 1 saturated carbocycles. The van der Waals surface area contributed by atoms with E-state index in [4.69, 9.17) is 4.74 Å². The number of benzene rings is 1. The fourth-order valence-corrected chi connectivity index (χ4v) is 3.40. The first-order chi connectivity index (χ1) is 12.4. The number of hydrogen-bond acceptors (Lipinski definition) is 5. The van der Waals surface area contributed by atoms with Crippen LogP contribution in [0.1, 0.15) is 37.7 Å². The minimum absolute atomic E-state index is 0.136. The predicted molar refractivity (Wildman–Crippen MR) is 98.4 cm³/mol. The Kier molecular flexibility index (Phi) is 7.80. The van der Waals surface area contributed by atoms with Crippen LogP contribution in [0.25, 0.3) is 6.08 Å². The summed E-state index contributed by atoms with van der Waals surface area (Å²) in [5, 5.41) is 3.80. The highest BCUT2D eigenvalue weighted by Gasteiger charge is 2.17. The van der Waals surface area contributed by atoms with Crippen LogP contribution in [0.3, 0.4) is 0 Å². The molecule has 0 unspecified atom stereocenters. The van der Waals surface area contributed by atoms with Crippen LogP contribution >= 0.6 is 0 Å². The first-order valence-electron chi connectivity index (χ1n) is 8.62. The summed E-state index contributed by atoms with van der Waals surface area (Å²) < 4.78 is 30.6. The quantitative estimate of drug-likeness (QED) is 0.667. The number of sulfonamides is 1. The molecule has 142 valence electrons. The van der Waals surface area contributed by atoms with Crippen molar-refractivity contribution >= 4 is 28.0 Å². The summed E-state index contributed by atoms with van der Waals surface area (Å²) in [4.78, 5) is 23.3. The molecule has 1 aliphatic carbocycles. The SMILES string of the molecule is O=C(COC(=O)CNS(=O)(=O)/C=C/c1ccccc1)NC1CCCCC1. The summed E-state index contributed by atoms with van der Waals surface area (Å²) in [6.45, 7) is -0.935. The van der Waals surface area contributed by atoms with Gasteiger partial charge in [0.1, 0.15) is 6.54 Å². The van der Waals surface area contributed by atoms with Gasteiger partial charge in [0, 0.05) is 11.4 Å². The summed E-state index contributed by atoms with van der Waals surface area (Å²) in [6.07, 6.45) is 6.65. The molecule has 1 aliphatic rings. The van der Waals surface area contributed by atoms with Gasteiger partial charge < -0.3 is 10.1 Å². The lowest BCUT2D eigenvalue weighted by Gasteiger charge is -2.22.